The SMILES string of the molecule is CCS(=O)(=O)Nc1ccc(OC)c(N2CCCN(Cc3ccccc3)C2=O)c1. The van der Waals surface area contributed by atoms with Crippen molar-refractivity contribution in [2.75, 3.05) is 35.6 Å². The summed E-state index contributed by atoms with van der Waals surface area (Å²) in [6.45, 7) is 3.32. The number of benzene rings is 2. The molecule has 1 aliphatic heterocycles. The van der Waals surface area contributed by atoms with Crippen molar-refractivity contribution < 1.29 is 17.9 Å². The highest BCUT2D eigenvalue weighted by Crippen LogP contribution is 2.34. The number of methoxy groups -OCH3 is 1. The van der Waals surface area contributed by atoms with Crippen LogP contribution in [0.25, 0.3) is 0 Å². The van der Waals surface area contributed by atoms with Gasteiger partial charge in [-0.05, 0) is 37.1 Å². The Labute approximate surface area is 166 Å². The second kappa shape index (κ2) is 8.52. The molecule has 2 aromatic carbocycles. The Hall–Kier alpha value is -2.74. The number of carbonyl (C=O) groups excluding carboxylic acids is 1. The molecule has 0 aromatic heterocycles. The Morgan fingerprint density at radius 2 is 1.86 bits per heavy atom. The Morgan fingerprint density at radius 3 is 2.54 bits per heavy atom. The molecule has 2 aromatic rings. The Kier molecular flexibility index (Phi) is 6.08. The van der Waals surface area contributed by atoms with Crippen molar-refractivity contribution in [3.8, 4) is 5.75 Å². The zero-order valence-electron chi connectivity index (χ0n) is 16.1. The molecule has 1 fully saturated rings. The van der Waals surface area contributed by atoms with Crippen molar-refractivity contribution in [2.24, 2.45) is 0 Å². The van der Waals surface area contributed by atoms with E-state index in [0.717, 1.165) is 12.0 Å². The molecule has 0 radical (unpaired) electrons. The number of ether oxygens (including phenoxy) is 1. The summed E-state index contributed by atoms with van der Waals surface area (Å²) in [6, 6.07) is 14.7. The van der Waals surface area contributed by atoms with Crippen molar-refractivity contribution in [2.45, 2.75) is 19.9 Å². The second-order valence-electron chi connectivity index (χ2n) is 6.59. The van der Waals surface area contributed by atoms with E-state index in [1.807, 2.05) is 30.3 Å². The summed E-state index contributed by atoms with van der Waals surface area (Å²) in [5.41, 5.74) is 2.03. The molecule has 8 heteroatoms. The van der Waals surface area contributed by atoms with Gasteiger partial charge in [-0.3, -0.25) is 9.62 Å². The van der Waals surface area contributed by atoms with Gasteiger partial charge in [0.15, 0.2) is 0 Å². The van der Waals surface area contributed by atoms with Gasteiger partial charge >= 0.3 is 6.03 Å². The number of rotatable bonds is 7. The zero-order valence-corrected chi connectivity index (χ0v) is 16.9. The molecule has 1 heterocycles. The molecule has 2 amide bonds. The van der Waals surface area contributed by atoms with E-state index in [9.17, 15) is 13.2 Å². The third-order valence-corrected chi connectivity index (χ3v) is 5.96. The largest absolute Gasteiger partial charge is 0.495 e. The van der Waals surface area contributed by atoms with Crippen molar-refractivity contribution in [3.63, 3.8) is 0 Å². The Balaban J connectivity index is 1.87. The minimum absolute atomic E-state index is 0.0259. The average molecular weight is 404 g/mol. The van der Waals surface area contributed by atoms with Crippen molar-refractivity contribution in [1.82, 2.24) is 4.90 Å². The van der Waals surface area contributed by atoms with Gasteiger partial charge in [-0.2, -0.15) is 0 Å². The van der Waals surface area contributed by atoms with E-state index in [4.69, 9.17) is 4.74 Å². The van der Waals surface area contributed by atoms with Gasteiger partial charge in [-0.15, -0.1) is 0 Å². The summed E-state index contributed by atoms with van der Waals surface area (Å²) in [6.07, 6.45) is 0.812. The Bertz CT molecular complexity index is 932. The van der Waals surface area contributed by atoms with E-state index < -0.39 is 10.0 Å². The highest BCUT2D eigenvalue weighted by Gasteiger charge is 2.29. The van der Waals surface area contributed by atoms with Crippen LogP contribution in [0.1, 0.15) is 18.9 Å². The third kappa shape index (κ3) is 4.56. The molecule has 7 nitrogen and oxygen atoms in total. The van der Waals surface area contributed by atoms with Gasteiger partial charge < -0.3 is 9.64 Å². The monoisotopic (exact) mass is 403 g/mol. The number of urea groups is 1. The minimum atomic E-state index is -3.41. The van der Waals surface area contributed by atoms with Crippen molar-refractivity contribution in [3.05, 3.63) is 54.1 Å². The molecular weight excluding hydrogens is 378 g/mol. The van der Waals surface area contributed by atoms with Gasteiger partial charge in [-0.1, -0.05) is 30.3 Å². The van der Waals surface area contributed by atoms with Crippen molar-refractivity contribution >= 4 is 27.4 Å². The fraction of sp³-hybridized carbons (Fsp3) is 0.350. The summed E-state index contributed by atoms with van der Waals surface area (Å²) in [5.74, 6) is 0.497. The second-order valence-corrected chi connectivity index (χ2v) is 8.60. The molecule has 0 aliphatic carbocycles. The first-order chi connectivity index (χ1) is 13.4. The molecule has 1 aliphatic rings. The number of nitrogens with zero attached hydrogens (tertiary/aromatic N) is 2. The zero-order chi connectivity index (χ0) is 20.1. The van der Waals surface area contributed by atoms with E-state index in [2.05, 4.69) is 4.72 Å². The van der Waals surface area contributed by atoms with Gasteiger partial charge in [-0.25, -0.2) is 13.2 Å². The number of sulfonamides is 1. The minimum Gasteiger partial charge on any atom is -0.495 e. The maximum atomic E-state index is 13.1. The predicted molar refractivity (Wildman–Crippen MR) is 110 cm³/mol. The molecule has 0 atom stereocenters. The molecule has 3 rings (SSSR count). The number of amides is 2. The number of hydrogen-bond donors (Lipinski definition) is 1. The first-order valence-corrected chi connectivity index (χ1v) is 10.9. The molecule has 0 bridgehead atoms. The van der Waals surface area contributed by atoms with Crippen LogP contribution in [0.15, 0.2) is 48.5 Å². The van der Waals surface area contributed by atoms with Crippen LogP contribution in [0.3, 0.4) is 0 Å². The molecule has 0 spiro atoms. The first-order valence-electron chi connectivity index (χ1n) is 9.22. The highest BCUT2D eigenvalue weighted by atomic mass is 32.2. The summed E-state index contributed by atoms with van der Waals surface area (Å²) in [7, 11) is -1.88. The van der Waals surface area contributed by atoms with E-state index in [-0.39, 0.29) is 11.8 Å². The fourth-order valence-corrected chi connectivity index (χ4v) is 3.80. The summed E-state index contributed by atoms with van der Waals surface area (Å²) in [4.78, 5) is 16.5. The van der Waals surface area contributed by atoms with Crippen molar-refractivity contribution in [1.29, 1.82) is 0 Å². The smallest absolute Gasteiger partial charge is 0.324 e. The topological polar surface area (TPSA) is 79.0 Å². The fourth-order valence-electron chi connectivity index (χ4n) is 3.17. The van der Waals surface area contributed by atoms with Crippen LogP contribution >= 0.6 is 0 Å². The summed E-state index contributed by atoms with van der Waals surface area (Å²) < 4.78 is 31.8. The van der Waals surface area contributed by atoms with Crippen LogP contribution in [0, 0.1) is 0 Å². The normalized spacial score (nSPS) is 14.9. The molecular formula is C20H25N3O4S. The van der Waals surface area contributed by atoms with Crippen LogP contribution in [0.2, 0.25) is 0 Å². The average Bonchev–Trinajstić information content (AvgIpc) is 2.70. The lowest BCUT2D eigenvalue weighted by Crippen LogP contribution is -2.49. The summed E-state index contributed by atoms with van der Waals surface area (Å²) in [5, 5.41) is 0. The first kappa shape index (κ1) is 20.0. The third-order valence-electron chi connectivity index (χ3n) is 4.65. The lowest BCUT2D eigenvalue weighted by molar-refractivity contribution is 0.192. The van der Waals surface area contributed by atoms with E-state index in [1.165, 1.54) is 7.11 Å². The lowest BCUT2D eigenvalue weighted by atomic mass is 10.1. The number of anilines is 2. The van der Waals surface area contributed by atoms with E-state index in [0.29, 0.717) is 36.8 Å². The summed E-state index contributed by atoms with van der Waals surface area (Å²) >= 11 is 0. The maximum absolute atomic E-state index is 13.1. The predicted octanol–water partition coefficient (Wildman–Crippen LogP) is 3.29. The van der Waals surface area contributed by atoms with Crippen LogP contribution in [0.5, 0.6) is 5.75 Å². The van der Waals surface area contributed by atoms with Gasteiger partial charge in [0.05, 0.1) is 24.2 Å². The lowest BCUT2D eigenvalue weighted by Gasteiger charge is -2.36. The van der Waals surface area contributed by atoms with Crippen LogP contribution in [0.4, 0.5) is 16.2 Å². The molecule has 150 valence electrons. The molecule has 28 heavy (non-hydrogen) atoms. The van der Waals surface area contributed by atoms with Gasteiger partial charge in [0.2, 0.25) is 10.0 Å². The van der Waals surface area contributed by atoms with E-state index in [1.54, 1.807) is 34.9 Å². The van der Waals surface area contributed by atoms with Gasteiger partial charge in [0, 0.05) is 19.6 Å². The molecule has 0 unspecified atom stereocenters. The standard InChI is InChI=1S/C20H25N3O4S/c1-3-28(25,26)21-17-10-11-19(27-2)18(14-17)23-13-7-12-22(20(23)24)15-16-8-5-4-6-9-16/h4-6,8-11,14,21H,3,7,12-13,15H2,1-2H3. The number of nitrogens with one attached hydrogen (secondary N) is 1. The quantitative estimate of drug-likeness (QED) is 0.769. The molecule has 1 N–H and O–H groups in total. The molecule has 0 saturated carbocycles. The van der Waals surface area contributed by atoms with Crippen LogP contribution in [-0.4, -0.2) is 45.3 Å². The van der Waals surface area contributed by atoms with Gasteiger partial charge in [0.1, 0.15) is 5.75 Å². The maximum Gasteiger partial charge on any atom is 0.324 e. The van der Waals surface area contributed by atoms with Gasteiger partial charge in [0.25, 0.3) is 0 Å². The number of hydrogen-bond acceptors (Lipinski definition) is 4. The van der Waals surface area contributed by atoms with Crippen LogP contribution in [-0.2, 0) is 16.6 Å². The Morgan fingerprint density at radius 1 is 1.11 bits per heavy atom. The van der Waals surface area contributed by atoms with Crippen LogP contribution < -0.4 is 14.4 Å². The number of carbonyl (C=O) groups is 1. The molecule has 1 saturated heterocycles. The highest BCUT2D eigenvalue weighted by molar-refractivity contribution is 7.92. The van der Waals surface area contributed by atoms with E-state index >= 15 is 0 Å².